The zero-order valence-electron chi connectivity index (χ0n) is 8.32. The van der Waals surface area contributed by atoms with Gasteiger partial charge in [0.05, 0.1) is 0 Å². The molecule has 4 aliphatic rings. The molecule has 0 heteroatoms. The minimum absolute atomic E-state index is 1.01. The fourth-order valence-electron chi connectivity index (χ4n) is 5.35. The van der Waals surface area contributed by atoms with Crippen LogP contribution in [-0.4, -0.2) is 0 Å². The van der Waals surface area contributed by atoms with Crippen molar-refractivity contribution >= 4 is 0 Å². The van der Waals surface area contributed by atoms with Crippen molar-refractivity contribution in [2.24, 2.45) is 41.4 Å². The Morgan fingerprint density at radius 3 is 2.54 bits per heavy atom. The van der Waals surface area contributed by atoms with Crippen LogP contribution in [-0.2, 0) is 0 Å². The summed E-state index contributed by atoms with van der Waals surface area (Å²) < 4.78 is 0. The van der Waals surface area contributed by atoms with E-state index in [2.05, 4.69) is 19.1 Å². The molecule has 0 nitrogen and oxygen atoms in total. The van der Waals surface area contributed by atoms with Crippen molar-refractivity contribution < 1.29 is 0 Å². The van der Waals surface area contributed by atoms with Crippen molar-refractivity contribution in [2.75, 3.05) is 0 Å². The molecule has 0 saturated heterocycles. The van der Waals surface area contributed by atoms with E-state index in [1.807, 2.05) is 0 Å². The van der Waals surface area contributed by atoms with Gasteiger partial charge < -0.3 is 0 Å². The second kappa shape index (κ2) is 2.04. The summed E-state index contributed by atoms with van der Waals surface area (Å²) in [5, 5.41) is 0. The lowest BCUT2D eigenvalue weighted by atomic mass is 9.70. The molecule has 7 atom stereocenters. The van der Waals surface area contributed by atoms with Crippen LogP contribution in [0.25, 0.3) is 0 Å². The monoisotopic (exact) mass is 174 g/mol. The molecule has 3 fully saturated rings. The third kappa shape index (κ3) is 0.671. The first kappa shape index (κ1) is 7.09. The second-order valence-electron chi connectivity index (χ2n) is 5.98. The van der Waals surface area contributed by atoms with Gasteiger partial charge in [-0.15, -0.1) is 0 Å². The highest BCUT2D eigenvalue weighted by Gasteiger charge is 2.59. The summed E-state index contributed by atoms with van der Waals surface area (Å²) in [6.07, 6.45) is 9.75. The molecule has 0 aromatic heterocycles. The van der Waals surface area contributed by atoms with Crippen molar-refractivity contribution in [3.05, 3.63) is 12.2 Å². The minimum Gasteiger partial charge on any atom is -0.0848 e. The van der Waals surface area contributed by atoms with Gasteiger partial charge in [-0.25, -0.2) is 0 Å². The van der Waals surface area contributed by atoms with Gasteiger partial charge in [0.2, 0.25) is 0 Å². The lowest BCUT2D eigenvalue weighted by molar-refractivity contribution is 0.160. The van der Waals surface area contributed by atoms with Gasteiger partial charge in [0.25, 0.3) is 0 Å². The number of hydrogen-bond donors (Lipinski definition) is 0. The van der Waals surface area contributed by atoms with Gasteiger partial charge in [-0.2, -0.15) is 0 Å². The first-order valence-corrected chi connectivity index (χ1v) is 6.03. The highest BCUT2D eigenvalue weighted by atomic mass is 14.6. The summed E-state index contributed by atoms with van der Waals surface area (Å²) in [5.74, 6) is 7.59. The summed E-state index contributed by atoms with van der Waals surface area (Å²) in [5.41, 5.74) is 0. The number of fused-ring (bicyclic) bond motifs is 9. The summed E-state index contributed by atoms with van der Waals surface area (Å²) in [6, 6.07) is 0. The van der Waals surface area contributed by atoms with E-state index in [0.29, 0.717) is 0 Å². The molecular formula is C13H18. The molecule has 4 rings (SSSR count). The summed E-state index contributed by atoms with van der Waals surface area (Å²) >= 11 is 0. The zero-order chi connectivity index (χ0) is 8.58. The van der Waals surface area contributed by atoms with Crippen molar-refractivity contribution in [3.63, 3.8) is 0 Å². The van der Waals surface area contributed by atoms with Gasteiger partial charge in [0.15, 0.2) is 0 Å². The van der Waals surface area contributed by atoms with Gasteiger partial charge in [0, 0.05) is 0 Å². The van der Waals surface area contributed by atoms with E-state index in [1.54, 1.807) is 12.8 Å². The molecule has 2 unspecified atom stereocenters. The van der Waals surface area contributed by atoms with Crippen LogP contribution < -0.4 is 0 Å². The molecule has 70 valence electrons. The Hall–Kier alpha value is -0.260. The molecule has 0 amide bonds. The summed E-state index contributed by atoms with van der Waals surface area (Å²) in [6.45, 7) is 2.50. The fourth-order valence-corrected chi connectivity index (χ4v) is 5.35. The van der Waals surface area contributed by atoms with Crippen molar-refractivity contribution in [1.29, 1.82) is 0 Å². The number of allylic oxidation sites excluding steroid dienone is 2. The van der Waals surface area contributed by atoms with E-state index < -0.39 is 0 Å². The maximum absolute atomic E-state index is 2.54. The molecule has 3 saturated carbocycles. The molecular weight excluding hydrogens is 156 g/mol. The van der Waals surface area contributed by atoms with Gasteiger partial charge in [-0.05, 0) is 60.7 Å². The first-order valence-electron chi connectivity index (χ1n) is 6.03. The van der Waals surface area contributed by atoms with Crippen LogP contribution >= 0.6 is 0 Å². The normalized spacial score (nSPS) is 66.4. The second-order valence-corrected chi connectivity index (χ2v) is 5.98. The highest BCUT2D eigenvalue weighted by Crippen LogP contribution is 2.66. The van der Waals surface area contributed by atoms with Gasteiger partial charge >= 0.3 is 0 Å². The lowest BCUT2D eigenvalue weighted by Gasteiger charge is -2.35. The van der Waals surface area contributed by atoms with E-state index in [9.17, 15) is 0 Å². The largest absolute Gasteiger partial charge is 0.0848 e. The molecule has 4 aliphatic carbocycles. The SMILES string of the molecule is C[C@@H]1C[C@H]2C[C@H]1C1C2[C@H]2C=C[C@@H]1C2. The Morgan fingerprint density at radius 1 is 0.923 bits per heavy atom. The highest BCUT2D eigenvalue weighted by molar-refractivity contribution is 5.20. The van der Waals surface area contributed by atoms with Crippen LogP contribution in [0.3, 0.4) is 0 Å². The maximum atomic E-state index is 2.54. The maximum Gasteiger partial charge on any atom is -0.0194 e. The molecule has 0 aliphatic heterocycles. The predicted octanol–water partition coefficient (Wildman–Crippen LogP) is 3.10. The van der Waals surface area contributed by atoms with Crippen LogP contribution in [0.2, 0.25) is 0 Å². The van der Waals surface area contributed by atoms with Crippen LogP contribution in [0.4, 0.5) is 0 Å². The molecule has 0 radical (unpaired) electrons. The van der Waals surface area contributed by atoms with E-state index >= 15 is 0 Å². The number of rotatable bonds is 0. The van der Waals surface area contributed by atoms with Crippen molar-refractivity contribution in [1.82, 2.24) is 0 Å². The Kier molecular flexibility index (Phi) is 1.11. The molecule has 0 spiro atoms. The van der Waals surface area contributed by atoms with Crippen LogP contribution in [0.5, 0.6) is 0 Å². The third-order valence-corrected chi connectivity index (χ3v) is 5.60. The van der Waals surface area contributed by atoms with E-state index in [-0.39, 0.29) is 0 Å². The Bertz CT molecular complexity index is 278. The van der Waals surface area contributed by atoms with Crippen LogP contribution in [0.15, 0.2) is 12.2 Å². The average Bonchev–Trinajstić information content (AvgIpc) is 2.78. The topological polar surface area (TPSA) is 0 Å². The lowest BCUT2D eigenvalue weighted by Crippen LogP contribution is -2.29. The zero-order valence-corrected chi connectivity index (χ0v) is 8.32. The summed E-state index contributed by atoms with van der Waals surface area (Å²) in [4.78, 5) is 0. The summed E-state index contributed by atoms with van der Waals surface area (Å²) in [7, 11) is 0. The molecule has 0 aromatic carbocycles. The molecule has 13 heavy (non-hydrogen) atoms. The first-order chi connectivity index (χ1) is 6.34. The predicted molar refractivity (Wildman–Crippen MR) is 53.1 cm³/mol. The van der Waals surface area contributed by atoms with Gasteiger partial charge in [-0.1, -0.05) is 19.1 Å². The van der Waals surface area contributed by atoms with Gasteiger partial charge in [0.1, 0.15) is 0 Å². The van der Waals surface area contributed by atoms with Crippen molar-refractivity contribution in [3.8, 4) is 0 Å². The Labute approximate surface area is 80.4 Å². The molecule has 4 bridgehead atoms. The third-order valence-electron chi connectivity index (χ3n) is 5.60. The minimum atomic E-state index is 1.01. The Balaban J connectivity index is 1.79. The van der Waals surface area contributed by atoms with E-state index in [0.717, 1.165) is 41.4 Å². The molecule has 0 N–H and O–H groups in total. The van der Waals surface area contributed by atoms with Crippen LogP contribution in [0, 0.1) is 41.4 Å². The standard InChI is InChI=1S/C13H18/c1-7-4-10-6-11(7)13-9-3-2-8(5-9)12(10)13/h2-3,7-13H,4-6H2,1H3/t7-,8+,9-,10+,11-,12?,13?/m1/s1. The smallest absolute Gasteiger partial charge is 0.0194 e. The van der Waals surface area contributed by atoms with E-state index in [4.69, 9.17) is 0 Å². The molecule has 0 heterocycles. The van der Waals surface area contributed by atoms with Crippen molar-refractivity contribution in [2.45, 2.75) is 26.2 Å². The van der Waals surface area contributed by atoms with E-state index in [1.165, 1.54) is 6.42 Å². The van der Waals surface area contributed by atoms with Crippen LogP contribution in [0.1, 0.15) is 26.2 Å². The molecule has 0 aromatic rings. The van der Waals surface area contributed by atoms with Gasteiger partial charge in [-0.3, -0.25) is 0 Å². The quantitative estimate of drug-likeness (QED) is 0.391. The Morgan fingerprint density at radius 2 is 1.69 bits per heavy atom. The average molecular weight is 174 g/mol. The number of hydrogen-bond acceptors (Lipinski definition) is 0. The fraction of sp³-hybridized carbons (Fsp3) is 0.846.